The number of nitrogens with zero attached hydrogens (tertiary/aromatic N) is 4. The van der Waals surface area contributed by atoms with Gasteiger partial charge in [-0.05, 0) is 0 Å². The number of aliphatic hydroxyl groups is 1. The van der Waals surface area contributed by atoms with E-state index in [9.17, 15) is 5.11 Å². The van der Waals surface area contributed by atoms with Crippen LogP contribution in [0.4, 0.5) is 0 Å². The lowest BCUT2D eigenvalue weighted by molar-refractivity contribution is 0.201. The molecule has 6 nitrogen and oxygen atoms in total. The van der Waals surface area contributed by atoms with Gasteiger partial charge in [0.25, 0.3) is 0 Å². The average molecular weight is 278 g/mol. The molecule has 2 aromatic heterocycles. The van der Waals surface area contributed by atoms with Gasteiger partial charge in [-0.15, -0.1) is 0 Å². The number of ether oxygens (including phenoxy) is 1. The van der Waals surface area contributed by atoms with Gasteiger partial charge in [-0.1, -0.05) is 20.8 Å². The van der Waals surface area contributed by atoms with E-state index in [4.69, 9.17) is 4.74 Å². The predicted molar refractivity (Wildman–Crippen MR) is 75.7 cm³/mol. The number of rotatable bonds is 3. The maximum atomic E-state index is 10.7. The summed E-state index contributed by atoms with van der Waals surface area (Å²) in [5.74, 6) is 0.573. The van der Waals surface area contributed by atoms with E-state index in [0.29, 0.717) is 11.4 Å². The van der Waals surface area contributed by atoms with Crippen LogP contribution in [0.3, 0.4) is 0 Å². The van der Waals surface area contributed by atoms with Gasteiger partial charge in [-0.3, -0.25) is 9.36 Å². The van der Waals surface area contributed by atoms with E-state index < -0.39 is 6.10 Å². The van der Waals surface area contributed by atoms with Gasteiger partial charge in [0.2, 0.25) is 0 Å². The van der Waals surface area contributed by atoms with Crippen molar-refractivity contribution in [2.45, 2.75) is 32.3 Å². The third-order valence-electron chi connectivity index (χ3n) is 3.29. The highest BCUT2D eigenvalue weighted by Gasteiger charge is 2.29. The van der Waals surface area contributed by atoms with Crippen molar-refractivity contribution >= 4 is 0 Å². The number of hydrogen-bond acceptors (Lipinski definition) is 4. The number of hydrogen-bond donors (Lipinski definition) is 1. The highest BCUT2D eigenvalue weighted by molar-refractivity contribution is 5.37. The first-order chi connectivity index (χ1) is 9.25. The van der Waals surface area contributed by atoms with Crippen LogP contribution in [0, 0.1) is 0 Å². The number of aromatic nitrogens is 4. The molecule has 1 atom stereocenters. The Hall–Kier alpha value is -1.82. The third-order valence-corrected chi connectivity index (χ3v) is 3.29. The zero-order valence-electron chi connectivity index (χ0n) is 12.9. The topological polar surface area (TPSA) is 65.1 Å². The third kappa shape index (κ3) is 2.43. The van der Waals surface area contributed by atoms with Crippen LogP contribution >= 0.6 is 0 Å². The summed E-state index contributed by atoms with van der Waals surface area (Å²) in [5, 5.41) is 19.4. The fourth-order valence-electron chi connectivity index (χ4n) is 2.33. The summed E-state index contributed by atoms with van der Waals surface area (Å²) in [6, 6.07) is 0. The molecule has 0 radical (unpaired) electrons. The molecule has 0 amide bonds. The van der Waals surface area contributed by atoms with Crippen molar-refractivity contribution in [2.75, 3.05) is 7.11 Å². The van der Waals surface area contributed by atoms with Crippen LogP contribution in [0.25, 0.3) is 0 Å². The first-order valence-electron chi connectivity index (χ1n) is 6.53. The molecule has 1 N–H and O–H groups in total. The molecular weight excluding hydrogens is 256 g/mol. The molecule has 0 saturated heterocycles. The monoisotopic (exact) mass is 278 g/mol. The van der Waals surface area contributed by atoms with Crippen LogP contribution in [0.2, 0.25) is 0 Å². The van der Waals surface area contributed by atoms with E-state index >= 15 is 0 Å². The van der Waals surface area contributed by atoms with Crippen molar-refractivity contribution in [1.82, 2.24) is 19.6 Å². The van der Waals surface area contributed by atoms with E-state index in [0.717, 1.165) is 11.3 Å². The number of methoxy groups -OCH3 is 1. The van der Waals surface area contributed by atoms with Gasteiger partial charge in [0.05, 0.1) is 19.0 Å². The lowest BCUT2D eigenvalue weighted by Gasteiger charge is -2.20. The summed E-state index contributed by atoms with van der Waals surface area (Å²) in [6.45, 7) is 6.23. The van der Waals surface area contributed by atoms with Gasteiger partial charge in [0.15, 0.2) is 5.75 Å². The molecule has 0 fully saturated rings. The minimum atomic E-state index is -0.819. The standard InChI is InChI=1S/C14H22N4O2/c1-14(2,3)13-9(8-17(4)16-13)12(19)11-10(20-6)7-15-18(11)5/h7-8,12,19H,1-6H3. The first kappa shape index (κ1) is 14.6. The second kappa shape index (κ2) is 4.94. The summed E-state index contributed by atoms with van der Waals surface area (Å²) in [6.07, 6.45) is 2.63. The van der Waals surface area contributed by atoms with Gasteiger partial charge < -0.3 is 9.84 Å². The molecule has 0 saturated carbocycles. The average Bonchev–Trinajstić information content (AvgIpc) is 2.91. The maximum absolute atomic E-state index is 10.7. The Morgan fingerprint density at radius 1 is 1.30 bits per heavy atom. The normalized spacial score (nSPS) is 13.6. The van der Waals surface area contributed by atoms with Gasteiger partial charge in [0, 0.05) is 31.3 Å². The molecule has 0 aliphatic carbocycles. The lowest BCUT2D eigenvalue weighted by atomic mass is 9.87. The van der Waals surface area contributed by atoms with Crippen LogP contribution < -0.4 is 4.74 Å². The van der Waals surface area contributed by atoms with E-state index in [-0.39, 0.29) is 5.41 Å². The van der Waals surface area contributed by atoms with Crippen molar-refractivity contribution in [1.29, 1.82) is 0 Å². The fraction of sp³-hybridized carbons (Fsp3) is 0.571. The molecule has 110 valence electrons. The summed E-state index contributed by atoms with van der Waals surface area (Å²) >= 11 is 0. The smallest absolute Gasteiger partial charge is 0.162 e. The van der Waals surface area contributed by atoms with Crippen molar-refractivity contribution in [2.24, 2.45) is 14.1 Å². The van der Waals surface area contributed by atoms with Crippen LogP contribution in [-0.2, 0) is 19.5 Å². The van der Waals surface area contributed by atoms with Crippen molar-refractivity contribution in [3.05, 3.63) is 29.3 Å². The lowest BCUT2D eigenvalue weighted by Crippen LogP contribution is -2.17. The zero-order chi connectivity index (χ0) is 15.1. The first-order valence-corrected chi connectivity index (χ1v) is 6.53. The van der Waals surface area contributed by atoms with Crippen LogP contribution in [0.15, 0.2) is 12.4 Å². The Balaban J connectivity index is 2.54. The Morgan fingerprint density at radius 3 is 2.50 bits per heavy atom. The second-order valence-electron chi connectivity index (χ2n) is 5.98. The van der Waals surface area contributed by atoms with Crippen molar-refractivity contribution in [3.8, 4) is 5.75 Å². The highest BCUT2D eigenvalue weighted by atomic mass is 16.5. The van der Waals surface area contributed by atoms with E-state index in [1.165, 1.54) is 0 Å². The maximum Gasteiger partial charge on any atom is 0.162 e. The fourth-order valence-corrected chi connectivity index (χ4v) is 2.33. The van der Waals surface area contributed by atoms with Gasteiger partial charge >= 0.3 is 0 Å². The van der Waals surface area contributed by atoms with Crippen LogP contribution in [0.1, 0.15) is 43.8 Å². The molecule has 0 aliphatic heterocycles. The molecule has 0 spiro atoms. The van der Waals surface area contributed by atoms with Crippen LogP contribution in [-0.4, -0.2) is 31.8 Å². The van der Waals surface area contributed by atoms with E-state index in [1.807, 2.05) is 13.2 Å². The van der Waals surface area contributed by atoms with Gasteiger partial charge in [-0.2, -0.15) is 10.2 Å². The molecule has 2 aromatic rings. The van der Waals surface area contributed by atoms with Crippen LogP contribution in [0.5, 0.6) is 5.75 Å². The Kier molecular flexibility index (Phi) is 3.60. The molecule has 20 heavy (non-hydrogen) atoms. The van der Waals surface area contributed by atoms with Gasteiger partial charge in [0.1, 0.15) is 11.8 Å². The molecule has 6 heteroatoms. The number of aryl methyl sites for hydroxylation is 2. The zero-order valence-corrected chi connectivity index (χ0v) is 12.9. The molecule has 2 heterocycles. The molecule has 0 aliphatic rings. The summed E-state index contributed by atoms with van der Waals surface area (Å²) in [5.41, 5.74) is 2.13. The Morgan fingerprint density at radius 2 is 1.95 bits per heavy atom. The van der Waals surface area contributed by atoms with E-state index in [1.54, 1.807) is 29.7 Å². The number of aliphatic hydroxyl groups excluding tert-OH is 1. The summed E-state index contributed by atoms with van der Waals surface area (Å²) in [7, 11) is 5.21. The second-order valence-corrected chi connectivity index (χ2v) is 5.98. The van der Waals surface area contributed by atoms with E-state index in [2.05, 4.69) is 31.0 Å². The molecule has 2 rings (SSSR count). The SMILES string of the molecule is COc1cnn(C)c1C(O)c1cn(C)nc1C(C)(C)C. The highest BCUT2D eigenvalue weighted by Crippen LogP contribution is 2.34. The largest absolute Gasteiger partial charge is 0.493 e. The molecule has 1 unspecified atom stereocenters. The minimum Gasteiger partial charge on any atom is -0.493 e. The Labute approximate surface area is 119 Å². The van der Waals surface area contributed by atoms with Crippen molar-refractivity contribution in [3.63, 3.8) is 0 Å². The summed E-state index contributed by atoms with van der Waals surface area (Å²) < 4.78 is 8.62. The molecular formula is C14H22N4O2. The quantitative estimate of drug-likeness (QED) is 0.925. The Bertz CT molecular complexity index is 607. The minimum absolute atomic E-state index is 0.149. The summed E-state index contributed by atoms with van der Waals surface area (Å²) in [4.78, 5) is 0. The van der Waals surface area contributed by atoms with Crippen molar-refractivity contribution < 1.29 is 9.84 Å². The molecule has 0 aromatic carbocycles. The predicted octanol–water partition coefficient (Wildman–Crippen LogP) is 1.54. The molecule has 0 bridgehead atoms. The van der Waals surface area contributed by atoms with Gasteiger partial charge in [-0.25, -0.2) is 0 Å².